The molecule has 0 radical (unpaired) electrons. The third kappa shape index (κ3) is 3.12. The summed E-state index contributed by atoms with van der Waals surface area (Å²) in [6, 6.07) is 0. The molecule has 2 saturated heterocycles. The highest BCUT2D eigenvalue weighted by Crippen LogP contribution is 2.13. The van der Waals surface area contributed by atoms with Gasteiger partial charge in [-0.2, -0.15) is 5.17 Å². The maximum atomic E-state index is 9.99. The minimum atomic E-state index is 0.136. The third-order valence-corrected chi connectivity index (χ3v) is 1.73. The molecule has 72 valence electrons. The molecule has 0 saturated carbocycles. The Bertz CT molecular complexity index is 221. The Morgan fingerprint density at radius 1 is 1.46 bits per heavy atom. The lowest BCUT2D eigenvalue weighted by molar-refractivity contribution is -0.164. The predicted octanol–water partition coefficient (Wildman–Crippen LogP) is -0.732. The molecule has 2 atom stereocenters. The van der Waals surface area contributed by atoms with Gasteiger partial charge in [0.25, 0.3) is 6.08 Å². The van der Waals surface area contributed by atoms with E-state index in [-0.39, 0.29) is 12.2 Å². The van der Waals surface area contributed by atoms with Crippen molar-refractivity contribution in [3.8, 4) is 0 Å². The Morgan fingerprint density at radius 2 is 2.15 bits per heavy atom. The van der Waals surface area contributed by atoms with Crippen molar-refractivity contribution in [2.45, 2.75) is 12.2 Å². The van der Waals surface area contributed by atoms with Gasteiger partial charge in [0.2, 0.25) is 0 Å². The van der Waals surface area contributed by atoms with E-state index in [2.05, 4.69) is 5.10 Å². The predicted molar refractivity (Wildman–Crippen MR) is 40.3 cm³/mol. The fourth-order valence-corrected chi connectivity index (χ4v) is 0.849. The minimum Gasteiger partial charge on any atom is -0.371 e. The zero-order valence-corrected chi connectivity index (χ0v) is 7.01. The van der Waals surface area contributed by atoms with E-state index in [9.17, 15) is 4.79 Å². The maximum absolute atomic E-state index is 9.99. The van der Waals surface area contributed by atoms with Crippen LogP contribution in [0.25, 0.3) is 0 Å². The Hall–Kier alpha value is -0.940. The molecule has 0 aromatic carbocycles. The average molecular weight is 186 g/mol. The van der Waals surface area contributed by atoms with Crippen LogP contribution in [-0.2, 0) is 19.1 Å². The molecule has 13 heavy (non-hydrogen) atoms. The number of carbonyl (C=O) groups excluding carboxylic acids is 1. The summed E-state index contributed by atoms with van der Waals surface area (Å²) in [7, 11) is 0. The lowest BCUT2D eigenvalue weighted by Crippen LogP contribution is -2.24. The molecule has 2 unspecified atom stereocenters. The molecule has 0 bridgehead atoms. The number of epoxide rings is 2. The highest BCUT2D eigenvalue weighted by Gasteiger charge is 2.28. The number of hydroxylamine groups is 1. The van der Waals surface area contributed by atoms with Gasteiger partial charge in [0.05, 0.1) is 19.8 Å². The summed E-state index contributed by atoms with van der Waals surface area (Å²) < 4.78 is 9.90. The van der Waals surface area contributed by atoms with Gasteiger partial charge < -0.3 is 9.47 Å². The number of hydrogen-bond donors (Lipinski definition) is 0. The minimum absolute atomic E-state index is 0.136. The van der Waals surface area contributed by atoms with E-state index in [1.54, 1.807) is 0 Å². The highest BCUT2D eigenvalue weighted by molar-refractivity contribution is 5.31. The first-order valence-corrected chi connectivity index (χ1v) is 4.10. The van der Waals surface area contributed by atoms with E-state index in [1.165, 1.54) is 11.3 Å². The molecule has 0 amide bonds. The summed E-state index contributed by atoms with van der Waals surface area (Å²) in [6.07, 6.45) is 1.72. The van der Waals surface area contributed by atoms with Crippen LogP contribution in [0.4, 0.5) is 0 Å². The van der Waals surface area contributed by atoms with Gasteiger partial charge >= 0.3 is 0 Å². The molecule has 2 rings (SSSR count). The zero-order chi connectivity index (χ0) is 9.10. The van der Waals surface area contributed by atoms with E-state index in [0.29, 0.717) is 19.8 Å². The van der Waals surface area contributed by atoms with Gasteiger partial charge in [0.1, 0.15) is 18.8 Å². The Labute approximate surface area is 75.0 Å². The van der Waals surface area contributed by atoms with Crippen molar-refractivity contribution in [3.63, 3.8) is 0 Å². The molecular weight excluding hydrogens is 176 g/mol. The van der Waals surface area contributed by atoms with E-state index in [1.807, 2.05) is 0 Å². The Balaban J connectivity index is 1.69. The van der Waals surface area contributed by atoms with Crippen LogP contribution in [-0.4, -0.2) is 49.8 Å². The second-order valence-corrected chi connectivity index (χ2v) is 2.93. The first-order valence-electron chi connectivity index (χ1n) is 4.10. The molecule has 0 aliphatic carbocycles. The van der Waals surface area contributed by atoms with Crippen LogP contribution in [0.3, 0.4) is 0 Å². The number of hydrogen-bond acceptors (Lipinski definition) is 6. The zero-order valence-electron chi connectivity index (χ0n) is 7.01. The van der Waals surface area contributed by atoms with Crippen LogP contribution in [0.15, 0.2) is 5.10 Å². The van der Waals surface area contributed by atoms with Crippen LogP contribution in [0.2, 0.25) is 0 Å². The van der Waals surface area contributed by atoms with Gasteiger partial charge in [-0.15, -0.1) is 0 Å². The summed E-state index contributed by atoms with van der Waals surface area (Å²) >= 11 is 0. The smallest absolute Gasteiger partial charge is 0.260 e. The molecular formula is C7H10N2O4. The van der Waals surface area contributed by atoms with Crippen LogP contribution >= 0.6 is 0 Å². The van der Waals surface area contributed by atoms with Gasteiger partial charge in [0.15, 0.2) is 0 Å². The van der Waals surface area contributed by atoms with Crippen molar-refractivity contribution < 1.29 is 19.1 Å². The molecule has 2 aliphatic heterocycles. The van der Waals surface area contributed by atoms with Gasteiger partial charge in [-0.3, -0.25) is 4.84 Å². The van der Waals surface area contributed by atoms with Gasteiger partial charge in [-0.05, 0) is 0 Å². The van der Waals surface area contributed by atoms with Crippen molar-refractivity contribution in [1.29, 1.82) is 0 Å². The summed E-state index contributed by atoms with van der Waals surface area (Å²) in [4.78, 5) is 15.1. The number of hydrazone groups is 1. The normalized spacial score (nSPS) is 29.2. The number of isocyanates is 1. The van der Waals surface area contributed by atoms with Crippen LogP contribution in [0, 0.1) is 0 Å². The lowest BCUT2D eigenvalue weighted by Gasteiger charge is -2.13. The van der Waals surface area contributed by atoms with E-state index < -0.39 is 0 Å². The molecule has 2 fully saturated rings. The quantitative estimate of drug-likeness (QED) is 0.237. The Kier molecular flexibility index (Phi) is 2.56. The summed E-state index contributed by atoms with van der Waals surface area (Å²) in [5.74, 6) is 0. The SMILES string of the molecule is O=C=NN(CC1CO1)OCC1CO1. The summed E-state index contributed by atoms with van der Waals surface area (Å²) in [6.45, 7) is 2.33. The Morgan fingerprint density at radius 3 is 2.69 bits per heavy atom. The van der Waals surface area contributed by atoms with Gasteiger partial charge in [0, 0.05) is 0 Å². The second-order valence-electron chi connectivity index (χ2n) is 2.93. The largest absolute Gasteiger partial charge is 0.371 e. The van der Waals surface area contributed by atoms with Crippen molar-refractivity contribution >= 4 is 6.08 Å². The second kappa shape index (κ2) is 3.85. The van der Waals surface area contributed by atoms with E-state index >= 15 is 0 Å². The third-order valence-electron chi connectivity index (χ3n) is 1.73. The van der Waals surface area contributed by atoms with E-state index in [0.717, 1.165) is 6.61 Å². The van der Waals surface area contributed by atoms with Gasteiger partial charge in [-0.1, -0.05) is 5.10 Å². The molecule has 6 heteroatoms. The lowest BCUT2D eigenvalue weighted by atomic mass is 10.5. The number of rotatable bonds is 6. The molecule has 6 nitrogen and oxygen atoms in total. The highest BCUT2D eigenvalue weighted by atomic mass is 16.7. The number of nitrogens with zero attached hydrogens (tertiary/aromatic N) is 2. The molecule has 2 aliphatic rings. The van der Waals surface area contributed by atoms with Crippen molar-refractivity contribution in [2.75, 3.05) is 26.4 Å². The standard InChI is InChI=1S/C7H10N2O4/c10-5-8-9(1-6-2-11-6)13-4-7-3-12-7/h6-7H,1-4H2. The fourth-order valence-electron chi connectivity index (χ4n) is 0.849. The average Bonchev–Trinajstić information content (AvgIpc) is 2.97. The van der Waals surface area contributed by atoms with Crippen molar-refractivity contribution in [2.24, 2.45) is 5.10 Å². The van der Waals surface area contributed by atoms with Crippen LogP contribution < -0.4 is 0 Å². The fraction of sp³-hybridized carbons (Fsp3) is 0.857. The first-order chi connectivity index (χ1) is 6.38. The summed E-state index contributed by atoms with van der Waals surface area (Å²) in [5, 5.41) is 4.57. The molecule has 2 heterocycles. The molecule has 0 aromatic heterocycles. The number of ether oxygens (including phenoxy) is 2. The van der Waals surface area contributed by atoms with Crippen LogP contribution in [0.5, 0.6) is 0 Å². The monoisotopic (exact) mass is 186 g/mol. The molecule has 0 spiro atoms. The van der Waals surface area contributed by atoms with Crippen LogP contribution in [0.1, 0.15) is 0 Å². The summed E-state index contributed by atoms with van der Waals surface area (Å²) in [5.41, 5.74) is 0. The maximum Gasteiger partial charge on any atom is 0.260 e. The van der Waals surface area contributed by atoms with Crippen molar-refractivity contribution in [3.05, 3.63) is 0 Å². The molecule has 0 aromatic rings. The molecule has 0 N–H and O–H groups in total. The van der Waals surface area contributed by atoms with Crippen molar-refractivity contribution in [1.82, 2.24) is 5.17 Å². The topological polar surface area (TPSA) is 67.0 Å². The first kappa shape index (κ1) is 8.65. The van der Waals surface area contributed by atoms with Gasteiger partial charge in [-0.25, -0.2) is 4.79 Å². The van der Waals surface area contributed by atoms with E-state index in [4.69, 9.17) is 14.3 Å².